The summed E-state index contributed by atoms with van der Waals surface area (Å²) in [4.78, 5) is 27.5. The van der Waals surface area contributed by atoms with E-state index < -0.39 is 11.9 Å². The number of amides is 2. The molecule has 122 valence electrons. The minimum absolute atomic E-state index is 0.146. The van der Waals surface area contributed by atoms with Gasteiger partial charge in [0.05, 0.1) is 5.92 Å². The molecule has 0 aromatic carbocycles. The van der Waals surface area contributed by atoms with E-state index in [0.29, 0.717) is 31.5 Å². The molecular weight excluding hydrogens is 270 g/mol. The van der Waals surface area contributed by atoms with Gasteiger partial charge in [0.15, 0.2) is 0 Å². The third-order valence-electron chi connectivity index (χ3n) is 4.06. The van der Waals surface area contributed by atoms with Crippen LogP contribution in [0, 0.1) is 11.8 Å². The molecule has 1 aliphatic rings. The van der Waals surface area contributed by atoms with Gasteiger partial charge in [0, 0.05) is 32.2 Å². The highest BCUT2D eigenvalue weighted by atomic mass is 16.4. The van der Waals surface area contributed by atoms with E-state index in [9.17, 15) is 14.7 Å². The lowest BCUT2D eigenvalue weighted by Crippen LogP contribution is -2.56. The highest BCUT2D eigenvalue weighted by Crippen LogP contribution is 2.12. The highest BCUT2D eigenvalue weighted by Gasteiger charge is 2.26. The van der Waals surface area contributed by atoms with Gasteiger partial charge in [-0.05, 0) is 25.8 Å². The van der Waals surface area contributed by atoms with Crippen molar-refractivity contribution in [3.63, 3.8) is 0 Å². The average molecular weight is 299 g/mol. The average Bonchev–Trinajstić information content (AvgIpc) is 2.42. The summed E-state index contributed by atoms with van der Waals surface area (Å²) in [7, 11) is 0. The third-order valence-corrected chi connectivity index (χ3v) is 4.06. The summed E-state index contributed by atoms with van der Waals surface area (Å²) in [5.74, 6) is -1.05. The molecule has 0 spiro atoms. The van der Waals surface area contributed by atoms with E-state index in [1.54, 1.807) is 4.90 Å². The Morgan fingerprint density at radius 2 is 2.00 bits per heavy atom. The maximum atomic E-state index is 12.2. The number of piperazine rings is 1. The Bertz CT molecular complexity index is 360. The van der Waals surface area contributed by atoms with Crippen LogP contribution in [0.3, 0.4) is 0 Å². The molecule has 2 N–H and O–H groups in total. The Kier molecular flexibility index (Phi) is 6.95. The number of nitrogens with zero attached hydrogens (tertiary/aromatic N) is 2. The molecule has 1 heterocycles. The number of carboxylic acids is 1. The second kappa shape index (κ2) is 8.22. The molecule has 6 heteroatoms. The van der Waals surface area contributed by atoms with Crippen molar-refractivity contribution in [1.82, 2.24) is 15.1 Å². The summed E-state index contributed by atoms with van der Waals surface area (Å²) in [6, 6.07) is 0.202. The Morgan fingerprint density at radius 3 is 2.48 bits per heavy atom. The number of hydrogen-bond donors (Lipinski definition) is 2. The van der Waals surface area contributed by atoms with Crippen LogP contribution in [0.2, 0.25) is 0 Å². The number of hydrogen-bond acceptors (Lipinski definition) is 3. The van der Waals surface area contributed by atoms with Crippen LogP contribution in [-0.4, -0.2) is 65.7 Å². The van der Waals surface area contributed by atoms with Crippen molar-refractivity contribution in [1.29, 1.82) is 0 Å². The third kappa shape index (κ3) is 5.53. The maximum absolute atomic E-state index is 12.2. The van der Waals surface area contributed by atoms with Crippen LogP contribution in [0.25, 0.3) is 0 Å². The quantitative estimate of drug-likeness (QED) is 0.779. The number of carbonyl (C=O) groups is 2. The van der Waals surface area contributed by atoms with Crippen LogP contribution < -0.4 is 5.32 Å². The van der Waals surface area contributed by atoms with E-state index in [-0.39, 0.29) is 12.6 Å². The van der Waals surface area contributed by atoms with E-state index in [1.807, 2.05) is 13.8 Å². The zero-order valence-corrected chi connectivity index (χ0v) is 13.6. The highest BCUT2D eigenvalue weighted by molar-refractivity contribution is 5.76. The van der Waals surface area contributed by atoms with E-state index in [1.165, 1.54) is 0 Å². The molecule has 21 heavy (non-hydrogen) atoms. The molecule has 0 aromatic rings. The molecule has 0 aliphatic carbocycles. The predicted octanol–water partition coefficient (Wildman–Crippen LogP) is 1.47. The molecule has 0 saturated carbocycles. The van der Waals surface area contributed by atoms with Crippen molar-refractivity contribution in [2.75, 3.05) is 32.7 Å². The van der Waals surface area contributed by atoms with Gasteiger partial charge in [0.1, 0.15) is 0 Å². The van der Waals surface area contributed by atoms with Crippen LogP contribution in [-0.2, 0) is 4.79 Å². The molecule has 2 atom stereocenters. The minimum atomic E-state index is -0.840. The topological polar surface area (TPSA) is 72.9 Å². The first kappa shape index (κ1) is 17.8. The van der Waals surface area contributed by atoms with Gasteiger partial charge in [0.25, 0.3) is 0 Å². The van der Waals surface area contributed by atoms with Gasteiger partial charge in [-0.1, -0.05) is 20.8 Å². The van der Waals surface area contributed by atoms with Gasteiger partial charge in [-0.3, -0.25) is 9.69 Å². The Labute approximate surface area is 127 Å². The van der Waals surface area contributed by atoms with Gasteiger partial charge in [-0.2, -0.15) is 0 Å². The second-order valence-electron chi connectivity index (χ2n) is 6.27. The first-order chi connectivity index (χ1) is 9.85. The summed E-state index contributed by atoms with van der Waals surface area (Å²) < 4.78 is 0. The fraction of sp³-hybridized carbons (Fsp3) is 0.867. The molecule has 1 saturated heterocycles. The lowest BCUT2D eigenvalue weighted by molar-refractivity contribution is -0.142. The van der Waals surface area contributed by atoms with Crippen molar-refractivity contribution in [3.05, 3.63) is 0 Å². The molecule has 1 fully saturated rings. The number of rotatable bonds is 6. The van der Waals surface area contributed by atoms with Crippen molar-refractivity contribution < 1.29 is 14.7 Å². The standard InChI is InChI=1S/C15H29N3O3/c1-5-17-6-7-18(10-12(17)4)15(21)16-9-13(14(19)20)8-11(2)3/h11-13H,5-10H2,1-4H3,(H,16,21)(H,19,20). The summed E-state index contributed by atoms with van der Waals surface area (Å²) in [6.07, 6.45) is 0.579. The van der Waals surface area contributed by atoms with Gasteiger partial charge in [0.2, 0.25) is 0 Å². The first-order valence-electron chi connectivity index (χ1n) is 7.84. The zero-order valence-electron chi connectivity index (χ0n) is 13.6. The van der Waals surface area contributed by atoms with Gasteiger partial charge >= 0.3 is 12.0 Å². The number of nitrogens with one attached hydrogen (secondary N) is 1. The number of carboxylic acid groups (broad SMARTS) is 1. The normalized spacial score (nSPS) is 21.4. The summed E-state index contributed by atoms with van der Waals surface area (Å²) in [6.45, 7) is 11.7. The minimum Gasteiger partial charge on any atom is -0.481 e. The molecule has 2 unspecified atom stereocenters. The van der Waals surface area contributed by atoms with Gasteiger partial charge in [-0.25, -0.2) is 4.79 Å². The Hall–Kier alpha value is -1.30. The smallest absolute Gasteiger partial charge is 0.317 e. The number of urea groups is 1. The van der Waals surface area contributed by atoms with Crippen LogP contribution in [0.1, 0.15) is 34.1 Å². The second-order valence-corrected chi connectivity index (χ2v) is 6.27. The molecule has 1 rings (SSSR count). The SMILES string of the molecule is CCN1CCN(C(=O)NCC(CC(C)C)C(=O)O)CC1C. The van der Waals surface area contributed by atoms with Crippen LogP contribution >= 0.6 is 0 Å². The van der Waals surface area contributed by atoms with Crippen LogP contribution in [0.15, 0.2) is 0 Å². The fourth-order valence-corrected chi connectivity index (χ4v) is 2.81. The molecule has 6 nitrogen and oxygen atoms in total. The van der Waals surface area contributed by atoms with Crippen LogP contribution in [0.5, 0.6) is 0 Å². The van der Waals surface area contributed by atoms with E-state index in [2.05, 4.69) is 24.1 Å². The zero-order chi connectivity index (χ0) is 16.0. The Balaban J connectivity index is 2.44. The lowest BCUT2D eigenvalue weighted by Gasteiger charge is -2.39. The van der Waals surface area contributed by atoms with Crippen molar-refractivity contribution in [2.45, 2.75) is 40.2 Å². The predicted molar refractivity (Wildman–Crippen MR) is 82.3 cm³/mol. The molecule has 0 bridgehead atoms. The van der Waals surface area contributed by atoms with Gasteiger partial charge < -0.3 is 15.3 Å². The van der Waals surface area contributed by atoms with Crippen molar-refractivity contribution >= 4 is 12.0 Å². The molecule has 0 radical (unpaired) electrons. The Morgan fingerprint density at radius 1 is 1.33 bits per heavy atom. The summed E-state index contributed by atoms with van der Waals surface area (Å²) >= 11 is 0. The molecule has 0 aromatic heterocycles. The van der Waals surface area contributed by atoms with E-state index in [0.717, 1.165) is 13.1 Å². The van der Waals surface area contributed by atoms with Crippen LogP contribution in [0.4, 0.5) is 4.79 Å². The van der Waals surface area contributed by atoms with Crippen molar-refractivity contribution in [2.24, 2.45) is 11.8 Å². The molecule has 2 amide bonds. The largest absolute Gasteiger partial charge is 0.481 e. The number of carbonyl (C=O) groups excluding carboxylic acids is 1. The number of aliphatic carboxylic acids is 1. The fourth-order valence-electron chi connectivity index (χ4n) is 2.81. The van der Waals surface area contributed by atoms with E-state index in [4.69, 9.17) is 0 Å². The maximum Gasteiger partial charge on any atom is 0.317 e. The molecule has 1 aliphatic heterocycles. The van der Waals surface area contributed by atoms with Gasteiger partial charge in [-0.15, -0.1) is 0 Å². The monoisotopic (exact) mass is 299 g/mol. The summed E-state index contributed by atoms with van der Waals surface area (Å²) in [5, 5.41) is 12.0. The van der Waals surface area contributed by atoms with E-state index >= 15 is 0 Å². The first-order valence-corrected chi connectivity index (χ1v) is 7.84. The number of likely N-dealkylation sites (N-methyl/N-ethyl adjacent to an activating group) is 1. The molecular formula is C15H29N3O3. The van der Waals surface area contributed by atoms with Crippen molar-refractivity contribution in [3.8, 4) is 0 Å². The lowest BCUT2D eigenvalue weighted by atomic mass is 9.97. The summed E-state index contributed by atoms with van der Waals surface area (Å²) in [5.41, 5.74) is 0.